The van der Waals surface area contributed by atoms with Crippen molar-refractivity contribution in [2.45, 2.75) is 6.42 Å². The summed E-state index contributed by atoms with van der Waals surface area (Å²) in [5.74, 6) is -2.25. The molecule has 0 fully saturated rings. The lowest BCUT2D eigenvalue weighted by molar-refractivity contribution is -0.115. The van der Waals surface area contributed by atoms with Crippen molar-refractivity contribution in [2.75, 3.05) is 12.4 Å². The molecule has 1 amide bonds. The van der Waals surface area contributed by atoms with E-state index in [1.54, 1.807) is 18.2 Å². The minimum Gasteiger partial charge on any atom is -0.495 e. The largest absolute Gasteiger partial charge is 0.495 e. The number of hydrogen-bond acceptors (Lipinski definition) is 2. The number of anilines is 1. The highest BCUT2D eigenvalue weighted by atomic mass is 19.3. The second-order valence-corrected chi connectivity index (χ2v) is 3.09. The Kier molecular flexibility index (Phi) is 4.56. The van der Waals surface area contributed by atoms with Gasteiger partial charge in [0.15, 0.2) is 5.83 Å². The molecule has 92 valence electrons. The Bertz CT molecular complexity index is 442. The Labute approximate surface area is 95.9 Å². The summed E-state index contributed by atoms with van der Waals surface area (Å²) in [6, 6.07) is 6.40. The van der Waals surface area contributed by atoms with Gasteiger partial charge in [-0.15, -0.1) is 0 Å². The number of carbonyl (C=O) groups excluding carboxylic acids is 1. The molecule has 0 saturated carbocycles. The number of para-hydroxylation sites is 2. The van der Waals surface area contributed by atoms with E-state index in [0.717, 1.165) is 0 Å². The number of benzene rings is 1. The van der Waals surface area contributed by atoms with Crippen molar-refractivity contribution >= 4 is 11.6 Å². The van der Waals surface area contributed by atoms with Crippen LogP contribution in [-0.4, -0.2) is 13.0 Å². The average molecular weight is 245 g/mol. The van der Waals surface area contributed by atoms with E-state index < -0.39 is 24.2 Å². The zero-order valence-electron chi connectivity index (χ0n) is 8.97. The first kappa shape index (κ1) is 13.1. The number of ether oxygens (including phenoxy) is 1. The smallest absolute Gasteiger partial charge is 0.302 e. The van der Waals surface area contributed by atoms with Crippen LogP contribution in [0.15, 0.2) is 36.2 Å². The van der Waals surface area contributed by atoms with Gasteiger partial charge in [0.05, 0.1) is 19.2 Å². The predicted octanol–water partition coefficient (Wildman–Crippen LogP) is 3.10. The van der Waals surface area contributed by atoms with Gasteiger partial charge in [0.1, 0.15) is 5.75 Å². The highest BCUT2D eigenvalue weighted by Gasteiger charge is 2.12. The van der Waals surface area contributed by atoms with Gasteiger partial charge in [0.2, 0.25) is 5.91 Å². The fourth-order valence-corrected chi connectivity index (χ4v) is 1.15. The molecule has 0 unspecified atom stereocenters. The molecule has 1 aromatic rings. The van der Waals surface area contributed by atoms with Crippen molar-refractivity contribution in [1.29, 1.82) is 0 Å². The summed E-state index contributed by atoms with van der Waals surface area (Å²) in [6.45, 7) is 0. The Morgan fingerprint density at radius 2 is 1.94 bits per heavy atom. The van der Waals surface area contributed by atoms with Gasteiger partial charge in [-0.1, -0.05) is 12.1 Å². The van der Waals surface area contributed by atoms with Gasteiger partial charge in [-0.2, -0.15) is 8.78 Å². The van der Waals surface area contributed by atoms with Crippen LogP contribution in [0, 0.1) is 0 Å². The van der Waals surface area contributed by atoms with Crippen LogP contribution in [0.25, 0.3) is 0 Å². The molecule has 0 aliphatic heterocycles. The number of hydrogen-bond donors (Lipinski definition) is 1. The van der Waals surface area contributed by atoms with Gasteiger partial charge < -0.3 is 10.1 Å². The second-order valence-electron chi connectivity index (χ2n) is 3.09. The fourth-order valence-electron chi connectivity index (χ4n) is 1.15. The molecule has 17 heavy (non-hydrogen) atoms. The van der Waals surface area contributed by atoms with E-state index in [4.69, 9.17) is 4.74 Å². The maximum absolute atomic E-state index is 12.5. The van der Waals surface area contributed by atoms with Crippen molar-refractivity contribution in [2.24, 2.45) is 0 Å². The molecule has 0 aromatic heterocycles. The number of methoxy groups -OCH3 is 1. The van der Waals surface area contributed by atoms with Gasteiger partial charge >= 0.3 is 6.08 Å². The first-order chi connectivity index (χ1) is 8.04. The third-order valence-electron chi connectivity index (χ3n) is 1.90. The molecule has 0 atom stereocenters. The molecule has 0 bridgehead atoms. The topological polar surface area (TPSA) is 38.3 Å². The van der Waals surface area contributed by atoms with E-state index in [-0.39, 0.29) is 0 Å². The van der Waals surface area contributed by atoms with Crippen molar-refractivity contribution in [3.8, 4) is 5.75 Å². The molecule has 0 heterocycles. The molecule has 0 aliphatic rings. The van der Waals surface area contributed by atoms with Crippen molar-refractivity contribution in [3.63, 3.8) is 0 Å². The Morgan fingerprint density at radius 3 is 2.53 bits per heavy atom. The quantitative estimate of drug-likeness (QED) is 0.885. The van der Waals surface area contributed by atoms with E-state index in [0.29, 0.717) is 11.4 Å². The molecule has 1 N–H and O–H groups in total. The van der Waals surface area contributed by atoms with Crippen LogP contribution in [0.5, 0.6) is 5.75 Å². The Hall–Kier alpha value is -1.98. The van der Waals surface area contributed by atoms with E-state index in [1.165, 1.54) is 13.2 Å². The molecule has 0 saturated heterocycles. The Morgan fingerprint density at radius 1 is 1.29 bits per heavy atom. The normalized spacial score (nSPS) is 9.65. The Balaban J connectivity index is 2.72. The summed E-state index contributed by atoms with van der Waals surface area (Å²) in [6.07, 6.45) is -3.49. The lowest BCUT2D eigenvalue weighted by atomic mass is 10.2. The maximum atomic E-state index is 12.5. The minimum absolute atomic E-state index is 0.298. The third kappa shape index (κ3) is 3.82. The summed E-state index contributed by atoms with van der Waals surface area (Å²) >= 11 is 0. The van der Waals surface area contributed by atoms with Crippen molar-refractivity contribution in [3.05, 3.63) is 36.2 Å². The molecule has 0 spiro atoms. The third-order valence-corrected chi connectivity index (χ3v) is 1.90. The highest BCUT2D eigenvalue weighted by Crippen LogP contribution is 2.23. The van der Waals surface area contributed by atoms with Gasteiger partial charge in [0.25, 0.3) is 0 Å². The number of rotatable bonds is 4. The lowest BCUT2D eigenvalue weighted by Crippen LogP contribution is -2.12. The van der Waals surface area contributed by atoms with Crippen LogP contribution in [0.1, 0.15) is 6.42 Å². The molecule has 1 rings (SSSR count). The summed E-state index contributed by atoms with van der Waals surface area (Å²) in [4.78, 5) is 11.2. The maximum Gasteiger partial charge on any atom is 0.302 e. The summed E-state index contributed by atoms with van der Waals surface area (Å²) < 4.78 is 41.0. The second kappa shape index (κ2) is 5.93. The predicted molar refractivity (Wildman–Crippen MR) is 56.6 cm³/mol. The van der Waals surface area contributed by atoms with Crippen LogP contribution in [0.4, 0.5) is 18.9 Å². The highest BCUT2D eigenvalue weighted by molar-refractivity contribution is 5.93. The molecule has 3 nitrogen and oxygen atoms in total. The lowest BCUT2D eigenvalue weighted by Gasteiger charge is -2.08. The standard InChI is InChI=1S/C11H10F3NO2/c1-17-9-5-3-2-4-8(9)15-10(16)6-7(12)11(13)14/h2-5H,6H2,1H3,(H,15,16). The van der Waals surface area contributed by atoms with Crippen LogP contribution in [0.2, 0.25) is 0 Å². The zero-order valence-corrected chi connectivity index (χ0v) is 8.97. The molecule has 0 radical (unpaired) electrons. The summed E-state index contributed by atoms with van der Waals surface area (Å²) in [5.41, 5.74) is 0.298. The number of nitrogens with one attached hydrogen (secondary N) is 1. The monoisotopic (exact) mass is 245 g/mol. The van der Waals surface area contributed by atoms with Crippen LogP contribution >= 0.6 is 0 Å². The molecular formula is C11H10F3NO2. The van der Waals surface area contributed by atoms with E-state index in [2.05, 4.69) is 5.32 Å². The van der Waals surface area contributed by atoms with E-state index in [1.807, 2.05) is 0 Å². The van der Waals surface area contributed by atoms with Crippen LogP contribution in [-0.2, 0) is 4.79 Å². The number of halogens is 3. The van der Waals surface area contributed by atoms with Crippen molar-refractivity contribution < 1.29 is 22.7 Å². The molecule has 0 aliphatic carbocycles. The first-order valence-electron chi connectivity index (χ1n) is 4.67. The van der Waals surface area contributed by atoms with Crippen LogP contribution < -0.4 is 10.1 Å². The van der Waals surface area contributed by atoms with Crippen LogP contribution in [0.3, 0.4) is 0 Å². The number of carbonyl (C=O) groups is 1. The minimum atomic E-state index is -2.49. The van der Waals surface area contributed by atoms with Gasteiger partial charge in [-0.05, 0) is 12.1 Å². The van der Waals surface area contributed by atoms with E-state index in [9.17, 15) is 18.0 Å². The van der Waals surface area contributed by atoms with Gasteiger partial charge in [-0.25, -0.2) is 4.39 Å². The summed E-state index contributed by atoms with van der Waals surface area (Å²) in [5, 5.41) is 2.28. The molecule has 1 aromatic carbocycles. The molecule has 6 heteroatoms. The fraction of sp³-hybridized carbons (Fsp3) is 0.182. The van der Waals surface area contributed by atoms with Crippen molar-refractivity contribution in [1.82, 2.24) is 0 Å². The average Bonchev–Trinajstić information content (AvgIpc) is 2.29. The molecular weight excluding hydrogens is 235 g/mol. The van der Waals surface area contributed by atoms with Gasteiger partial charge in [0, 0.05) is 0 Å². The SMILES string of the molecule is COc1ccccc1NC(=O)CC(F)=C(F)F. The van der Waals surface area contributed by atoms with Gasteiger partial charge in [-0.3, -0.25) is 4.79 Å². The zero-order chi connectivity index (χ0) is 12.8. The van der Waals surface area contributed by atoms with E-state index >= 15 is 0 Å². The first-order valence-corrected chi connectivity index (χ1v) is 4.67. The summed E-state index contributed by atoms with van der Waals surface area (Å²) in [7, 11) is 1.40. The number of amides is 1.